The van der Waals surface area contributed by atoms with Gasteiger partial charge in [-0.25, -0.2) is 4.98 Å². The molecule has 32 heavy (non-hydrogen) atoms. The largest absolute Gasteiger partial charge is 0.357 e. The quantitative estimate of drug-likeness (QED) is 0.230. The van der Waals surface area contributed by atoms with E-state index >= 15 is 0 Å². The molecule has 3 nitrogen and oxygen atoms in total. The van der Waals surface area contributed by atoms with E-state index in [9.17, 15) is 4.79 Å². The molecule has 5 heteroatoms. The highest BCUT2D eigenvalue weighted by Gasteiger charge is 2.25. The number of thioether (sulfide) groups is 1. The zero-order valence-electron chi connectivity index (χ0n) is 18.9. The summed E-state index contributed by atoms with van der Waals surface area (Å²) < 4.78 is 0.0196. The summed E-state index contributed by atoms with van der Waals surface area (Å²) in [5, 5.41) is 2.14. The molecule has 0 fully saturated rings. The zero-order chi connectivity index (χ0) is 22.7. The van der Waals surface area contributed by atoms with Crippen LogP contribution < -0.4 is 0 Å². The van der Waals surface area contributed by atoms with Crippen LogP contribution >= 0.6 is 23.5 Å². The highest BCUT2D eigenvalue weighted by Crippen LogP contribution is 2.43. The van der Waals surface area contributed by atoms with E-state index in [1.54, 1.807) is 11.8 Å². The standard InChI is InChI=1S/C27H28N2OS2/c1-18-10-13-24(28-16-18)31-21-11-12-23-22(15-21)26(32-27(2,3)4)25(29-23)20(17-30)14-19-8-6-5-7-9-19/h5-13,15-17,20,29H,14H2,1-4H3. The second-order valence-corrected chi connectivity index (χ2v) is 11.9. The Hall–Kier alpha value is -2.50. The molecule has 1 atom stereocenters. The minimum atomic E-state index is -0.218. The number of benzene rings is 2. The van der Waals surface area contributed by atoms with Crippen LogP contribution in [0.3, 0.4) is 0 Å². The highest BCUT2D eigenvalue weighted by molar-refractivity contribution is 8.01. The predicted molar refractivity (Wildman–Crippen MR) is 136 cm³/mol. The van der Waals surface area contributed by atoms with E-state index in [4.69, 9.17) is 0 Å². The molecule has 0 spiro atoms. The number of nitrogens with one attached hydrogen (secondary N) is 1. The number of fused-ring (bicyclic) bond motifs is 1. The van der Waals surface area contributed by atoms with Gasteiger partial charge in [0.05, 0.1) is 5.92 Å². The summed E-state index contributed by atoms with van der Waals surface area (Å²) in [6.45, 7) is 8.68. The Bertz CT molecular complexity index is 1210. The summed E-state index contributed by atoms with van der Waals surface area (Å²) in [5.41, 5.74) is 4.39. The predicted octanol–water partition coefficient (Wildman–Crippen LogP) is 7.44. The molecule has 0 aliphatic rings. The number of aldehydes is 1. The molecular weight excluding hydrogens is 432 g/mol. The van der Waals surface area contributed by atoms with Crippen molar-refractivity contribution in [2.24, 2.45) is 0 Å². The van der Waals surface area contributed by atoms with Crippen molar-refractivity contribution in [1.82, 2.24) is 9.97 Å². The molecule has 164 valence electrons. The number of carbonyl (C=O) groups is 1. The third-order valence-electron chi connectivity index (χ3n) is 5.10. The van der Waals surface area contributed by atoms with Crippen LogP contribution in [0.2, 0.25) is 0 Å². The number of aryl methyl sites for hydroxylation is 1. The Balaban J connectivity index is 1.75. The average Bonchev–Trinajstić information content (AvgIpc) is 3.10. The fourth-order valence-corrected chi connectivity index (χ4v) is 5.63. The van der Waals surface area contributed by atoms with E-state index in [1.165, 1.54) is 4.90 Å². The molecule has 2 aromatic heterocycles. The molecule has 0 aliphatic heterocycles. The van der Waals surface area contributed by atoms with Crippen LogP contribution in [0.4, 0.5) is 0 Å². The summed E-state index contributed by atoms with van der Waals surface area (Å²) in [6.07, 6.45) is 3.66. The smallest absolute Gasteiger partial charge is 0.129 e. The number of nitrogens with zero attached hydrogens (tertiary/aromatic N) is 1. The monoisotopic (exact) mass is 460 g/mol. The van der Waals surface area contributed by atoms with E-state index in [0.29, 0.717) is 6.42 Å². The van der Waals surface area contributed by atoms with Gasteiger partial charge in [-0.2, -0.15) is 0 Å². The molecule has 4 aromatic rings. The van der Waals surface area contributed by atoms with Crippen LogP contribution in [0.15, 0.2) is 81.7 Å². The van der Waals surface area contributed by atoms with Gasteiger partial charge in [-0.1, -0.05) is 68.9 Å². The maximum absolute atomic E-state index is 12.2. The molecule has 2 heterocycles. The third-order valence-corrected chi connectivity index (χ3v) is 7.29. The highest BCUT2D eigenvalue weighted by atomic mass is 32.2. The number of hydrogen-bond acceptors (Lipinski definition) is 4. The van der Waals surface area contributed by atoms with Gasteiger partial charge in [0.15, 0.2) is 0 Å². The fraction of sp³-hybridized carbons (Fsp3) is 0.259. The van der Waals surface area contributed by atoms with Gasteiger partial charge in [-0.15, -0.1) is 11.8 Å². The van der Waals surface area contributed by atoms with Gasteiger partial charge in [-0.3, -0.25) is 0 Å². The third kappa shape index (κ3) is 5.45. The molecular formula is C27H28N2OS2. The van der Waals surface area contributed by atoms with Gasteiger partial charge in [0.1, 0.15) is 11.3 Å². The number of pyridine rings is 1. The summed E-state index contributed by atoms with van der Waals surface area (Å²) in [4.78, 5) is 22.6. The van der Waals surface area contributed by atoms with Crippen molar-refractivity contribution in [2.45, 2.75) is 59.6 Å². The summed E-state index contributed by atoms with van der Waals surface area (Å²) >= 11 is 3.48. The Morgan fingerprint density at radius 2 is 1.84 bits per heavy atom. The lowest BCUT2D eigenvalue weighted by atomic mass is 9.97. The lowest BCUT2D eigenvalue weighted by Gasteiger charge is -2.20. The van der Waals surface area contributed by atoms with Crippen LogP contribution in [-0.4, -0.2) is 21.0 Å². The lowest BCUT2D eigenvalue weighted by molar-refractivity contribution is -0.109. The van der Waals surface area contributed by atoms with E-state index in [0.717, 1.165) is 43.9 Å². The van der Waals surface area contributed by atoms with Crippen molar-refractivity contribution in [1.29, 1.82) is 0 Å². The molecule has 1 unspecified atom stereocenters. The van der Waals surface area contributed by atoms with Crippen LogP contribution in [0.1, 0.15) is 43.5 Å². The second-order valence-electron chi connectivity index (χ2n) is 9.00. The molecule has 0 saturated carbocycles. The molecule has 0 bridgehead atoms. The van der Waals surface area contributed by atoms with Crippen molar-refractivity contribution < 1.29 is 4.79 Å². The normalized spacial score (nSPS) is 12.8. The number of rotatable bonds is 7. The van der Waals surface area contributed by atoms with Gasteiger partial charge in [0, 0.05) is 37.3 Å². The molecule has 0 saturated heterocycles. The Morgan fingerprint density at radius 3 is 2.50 bits per heavy atom. The number of aromatic amines is 1. The zero-order valence-corrected chi connectivity index (χ0v) is 20.5. The van der Waals surface area contributed by atoms with E-state index in [1.807, 2.05) is 43.1 Å². The van der Waals surface area contributed by atoms with Crippen LogP contribution in [-0.2, 0) is 11.2 Å². The Labute approximate surface area is 198 Å². The van der Waals surface area contributed by atoms with Crippen molar-refractivity contribution in [3.8, 4) is 0 Å². The van der Waals surface area contributed by atoms with Crippen molar-refractivity contribution in [2.75, 3.05) is 0 Å². The first-order valence-electron chi connectivity index (χ1n) is 10.8. The van der Waals surface area contributed by atoms with E-state index in [2.05, 4.69) is 73.2 Å². The summed E-state index contributed by atoms with van der Waals surface area (Å²) in [7, 11) is 0. The minimum Gasteiger partial charge on any atom is -0.357 e. The van der Waals surface area contributed by atoms with Gasteiger partial charge in [0.2, 0.25) is 0 Å². The Kier molecular flexibility index (Phi) is 6.77. The van der Waals surface area contributed by atoms with Crippen molar-refractivity contribution in [3.63, 3.8) is 0 Å². The first kappa shape index (κ1) is 22.7. The second kappa shape index (κ2) is 9.55. The number of hydrogen-bond donors (Lipinski definition) is 1. The number of carbonyl (C=O) groups excluding carboxylic acids is 1. The van der Waals surface area contributed by atoms with Gasteiger partial charge >= 0.3 is 0 Å². The van der Waals surface area contributed by atoms with E-state index < -0.39 is 0 Å². The first-order chi connectivity index (χ1) is 15.3. The van der Waals surface area contributed by atoms with Gasteiger partial charge < -0.3 is 9.78 Å². The van der Waals surface area contributed by atoms with Crippen molar-refractivity contribution in [3.05, 3.63) is 83.7 Å². The van der Waals surface area contributed by atoms with Crippen LogP contribution in [0.25, 0.3) is 10.9 Å². The maximum Gasteiger partial charge on any atom is 0.129 e. The topological polar surface area (TPSA) is 45.8 Å². The van der Waals surface area contributed by atoms with Gasteiger partial charge in [-0.05, 0) is 48.7 Å². The first-order valence-corrected chi connectivity index (χ1v) is 12.4. The van der Waals surface area contributed by atoms with Gasteiger partial charge in [0.25, 0.3) is 0 Å². The minimum absolute atomic E-state index is 0.0196. The number of aromatic nitrogens is 2. The molecule has 2 aromatic carbocycles. The maximum atomic E-state index is 12.2. The molecule has 0 amide bonds. The summed E-state index contributed by atoms with van der Waals surface area (Å²) in [5.74, 6) is -0.218. The van der Waals surface area contributed by atoms with Crippen molar-refractivity contribution >= 4 is 40.7 Å². The summed E-state index contributed by atoms with van der Waals surface area (Å²) in [6, 6.07) is 20.8. The molecule has 1 N–H and O–H groups in total. The molecule has 4 rings (SSSR count). The fourth-order valence-electron chi connectivity index (χ4n) is 3.63. The van der Waals surface area contributed by atoms with Crippen LogP contribution in [0, 0.1) is 6.92 Å². The average molecular weight is 461 g/mol. The molecule has 0 aliphatic carbocycles. The van der Waals surface area contributed by atoms with Crippen LogP contribution in [0.5, 0.6) is 0 Å². The lowest BCUT2D eigenvalue weighted by Crippen LogP contribution is -2.10. The van der Waals surface area contributed by atoms with E-state index in [-0.39, 0.29) is 10.7 Å². The SMILES string of the molecule is Cc1ccc(Sc2ccc3[nH]c(C(C=O)Cc4ccccc4)c(SC(C)(C)C)c3c2)nc1. The molecule has 0 radical (unpaired) electrons. The number of H-pyrrole nitrogens is 1. The Morgan fingerprint density at radius 1 is 1.06 bits per heavy atom.